The van der Waals surface area contributed by atoms with Crippen LogP contribution in [-0.4, -0.2) is 23.2 Å². The van der Waals surface area contributed by atoms with Crippen LogP contribution in [0.3, 0.4) is 0 Å². The Morgan fingerprint density at radius 2 is 1.17 bits per heavy atom. The van der Waals surface area contributed by atoms with Gasteiger partial charge < -0.3 is 14.4 Å². The van der Waals surface area contributed by atoms with Gasteiger partial charge in [0.1, 0.15) is 12.4 Å². The van der Waals surface area contributed by atoms with Crippen LogP contribution in [0.25, 0.3) is 6.08 Å². The fourth-order valence-electron chi connectivity index (χ4n) is 9.25. The zero-order chi connectivity index (χ0) is 41.5. The Bertz CT molecular complexity index is 1530. The Hall–Kier alpha value is -3.35. The molecule has 0 fully saturated rings. The van der Waals surface area contributed by atoms with Gasteiger partial charge in [0.15, 0.2) is 0 Å². The number of rotatable bonds is 32. The zero-order valence-corrected chi connectivity index (χ0v) is 37.3. The first-order valence-electron chi connectivity index (χ1n) is 24.0. The first-order valence-corrected chi connectivity index (χ1v) is 24.0. The summed E-state index contributed by atoms with van der Waals surface area (Å²) in [4.78, 5) is 27.0. The lowest BCUT2D eigenvalue weighted by molar-refractivity contribution is -0.385. The van der Waals surface area contributed by atoms with Crippen molar-refractivity contribution in [3.8, 4) is 5.75 Å². The zero-order valence-electron chi connectivity index (χ0n) is 37.3. The topological polar surface area (TPSA) is 81.9 Å². The van der Waals surface area contributed by atoms with E-state index in [-0.39, 0.29) is 23.2 Å². The van der Waals surface area contributed by atoms with Crippen molar-refractivity contribution in [2.24, 2.45) is 0 Å². The number of unbranched alkanes of at least 4 members (excludes halogenated alkanes) is 25. The molecule has 0 saturated carbocycles. The second-order valence-electron chi connectivity index (χ2n) is 18.0. The highest BCUT2D eigenvalue weighted by Crippen LogP contribution is 2.55. The van der Waals surface area contributed by atoms with Gasteiger partial charge in [-0.15, -0.1) is 0 Å². The van der Waals surface area contributed by atoms with Crippen LogP contribution in [-0.2, 0) is 21.6 Å². The number of hydrogen-bond donors (Lipinski definition) is 0. The molecule has 2 aliphatic heterocycles. The SMILES string of the molecule is CCCCCCCCCCCCCCCCCCCCCC(=O)OCc1cc([N+](=O)[O-])cc2c1OC1(C=C2)N(CCCCCCCCCC)c2ccccc2C1(C)C. The van der Waals surface area contributed by atoms with Crippen LogP contribution >= 0.6 is 0 Å². The molecule has 0 saturated heterocycles. The van der Waals surface area contributed by atoms with Crippen LogP contribution in [0.1, 0.15) is 224 Å². The number of ether oxygens (including phenoxy) is 2. The summed E-state index contributed by atoms with van der Waals surface area (Å²) in [5, 5.41) is 12.0. The minimum atomic E-state index is -0.827. The number of non-ortho nitro benzene ring substituents is 1. The molecule has 2 aromatic rings. The number of esters is 1. The van der Waals surface area contributed by atoms with Crippen molar-refractivity contribution >= 4 is 23.4 Å². The maximum atomic E-state index is 13.0. The lowest BCUT2D eigenvalue weighted by Crippen LogP contribution is -2.59. The lowest BCUT2D eigenvalue weighted by Gasteiger charge is -2.47. The Morgan fingerprint density at radius 3 is 1.69 bits per heavy atom. The third-order valence-corrected chi connectivity index (χ3v) is 12.9. The second kappa shape index (κ2) is 26.0. The molecule has 58 heavy (non-hydrogen) atoms. The van der Waals surface area contributed by atoms with Crippen molar-refractivity contribution in [2.45, 2.75) is 225 Å². The van der Waals surface area contributed by atoms with E-state index in [9.17, 15) is 14.9 Å². The smallest absolute Gasteiger partial charge is 0.306 e. The minimum Gasteiger partial charge on any atom is -0.462 e. The molecule has 324 valence electrons. The Balaban J connectivity index is 1.21. The Morgan fingerprint density at radius 1 is 0.690 bits per heavy atom. The maximum Gasteiger partial charge on any atom is 0.306 e. The summed E-state index contributed by atoms with van der Waals surface area (Å²) in [6.07, 6.45) is 39.3. The Labute approximate surface area is 353 Å². The molecule has 0 N–H and O–H groups in total. The molecule has 2 aliphatic rings. The van der Waals surface area contributed by atoms with Gasteiger partial charge in [0.2, 0.25) is 5.72 Å². The number of nitro benzene ring substituents is 1. The molecule has 2 aromatic carbocycles. The van der Waals surface area contributed by atoms with Gasteiger partial charge in [0, 0.05) is 41.9 Å². The van der Waals surface area contributed by atoms with Crippen molar-refractivity contribution < 1.29 is 19.2 Å². The van der Waals surface area contributed by atoms with Crippen molar-refractivity contribution in [1.29, 1.82) is 0 Å². The molecule has 0 amide bonds. The first kappa shape index (κ1) is 47.3. The molecule has 0 aromatic heterocycles. The van der Waals surface area contributed by atoms with Crippen LogP contribution in [0.15, 0.2) is 42.5 Å². The predicted octanol–water partition coefficient (Wildman–Crippen LogP) is 15.5. The molecule has 0 radical (unpaired) electrons. The molecule has 1 spiro atoms. The summed E-state index contributed by atoms with van der Waals surface area (Å²) < 4.78 is 12.9. The van der Waals surface area contributed by atoms with E-state index in [2.05, 4.69) is 62.9 Å². The molecule has 1 unspecified atom stereocenters. The molecule has 7 heteroatoms. The van der Waals surface area contributed by atoms with E-state index in [1.54, 1.807) is 6.07 Å². The van der Waals surface area contributed by atoms with E-state index in [1.807, 2.05) is 6.08 Å². The highest BCUT2D eigenvalue weighted by atomic mass is 16.6. The number of fused-ring (bicyclic) bond motifs is 2. The number of para-hydroxylation sites is 1. The number of carbonyl (C=O) groups excluding carboxylic acids is 1. The summed E-state index contributed by atoms with van der Waals surface area (Å²) in [6.45, 7) is 9.76. The van der Waals surface area contributed by atoms with E-state index in [0.29, 0.717) is 23.3 Å². The van der Waals surface area contributed by atoms with Gasteiger partial charge in [0.05, 0.1) is 10.3 Å². The number of hydrogen-bond acceptors (Lipinski definition) is 6. The summed E-state index contributed by atoms with van der Waals surface area (Å²) in [7, 11) is 0. The van der Waals surface area contributed by atoms with Gasteiger partial charge in [0.25, 0.3) is 5.69 Å². The molecular formula is C51H80N2O5. The quantitative estimate of drug-likeness (QED) is 0.0317. The fourth-order valence-corrected chi connectivity index (χ4v) is 9.25. The summed E-state index contributed by atoms with van der Waals surface area (Å²) in [5.41, 5.74) is 2.29. The number of nitrogens with zero attached hydrogens (tertiary/aromatic N) is 2. The minimum absolute atomic E-state index is 0.0300. The summed E-state index contributed by atoms with van der Waals surface area (Å²) in [6, 6.07) is 11.6. The molecule has 1 atom stereocenters. The van der Waals surface area contributed by atoms with Crippen LogP contribution in [0.4, 0.5) is 11.4 Å². The van der Waals surface area contributed by atoms with Crippen LogP contribution in [0, 0.1) is 10.1 Å². The average Bonchev–Trinajstić information content (AvgIpc) is 3.39. The predicted molar refractivity (Wildman–Crippen MR) is 243 cm³/mol. The molecule has 0 bridgehead atoms. The van der Waals surface area contributed by atoms with Gasteiger partial charge in [-0.1, -0.05) is 193 Å². The maximum absolute atomic E-state index is 13.0. The van der Waals surface area contributed by atoms with E-state index in [1.165, 1.54) is 153 Å². The normalized spacial score (nSPS) is 16.4. The standard InChI is InChI=1S/C51H80N2O5/c1-5-7-9-11-13-15-16-17-18-19-20-21-22-23-24-25-26-28-30-36-48(54)57-42-44-41-45(53(55)56)40-43-37-38-51(58-49(43)44)50(3,4)46-34-31-32-35-47(46)52(51)39-33-29-27-14-12-10-8-6-2/h31-32,34-35,37-38,40-41H,5-30,33,36,39,42H2,1-4H3. The third-order valence-electron chi connectivity index (χ3n) is 12.9. The van der Waals surface area contributed by atoms with E-state index < -0.39 is 11.1 Å². The van der Waals surface area contributed by atoms with Gasteiger partial charge in [-0.05, 0) is 50.5 Å². The third kappa shape index (κ3) is 14.1. The molecule has 7 nitrogen and oxygen atoms in total. The highest BCUT2D eigenvalue weighted by molar-refractivity contribution is 5.74. The highest BCUT2D eigenvalue weighted by Gasteiger charge is 2.58. The average molecular weight is 801 g/mol. The molecule has 0 aliphatic carbocycles. The van der Waals surface area contributed by atoms with Crippen LogP contribution in [0.2, 0.25) is 0 Å². The first-order chi connectivity index (χ1) is 28.2. The second-order valence-corrected chi connectivity index (χ2v) is 18.0. The molecule has 2 heterocycles. The van der Waals surface area contributed by atoms with E-state index in [0.717, 1.165) is 44.3 Å². The van der Waals surface area contributed by atoms with Crippen LogP contribution < -0.4 is 9.64 Å². The fraction of sp³-hybridized carbons (Fsp3) is 0.706. The van der Waals surface area contributed by atoms with Crippen molar-refractivity contribution in [1.82, 2.24) is 0 Å². The molecule has 4 rings (SSSR count). The van der Waals surface area contributed by atoms with Gasteiger partial charge in [-0.2, -0.15) is 0 Å². The van der Waals surface area contributed by atoms with Crippen molar-refractivity contribution in [3.63, 3.8) is 0 Å². The lowest BCUT2D eigenvalue weighted by atomic mass is 9.76. The number of nitro groups is 1. The summed E-state index contributed by atoms with van der Waals surface area (Å²) >= 11 is 0. The largest absolute Gasteiger partial charge is 0.462 e. The van der Waals surface area contributed by atoms with Gasteiger partial charge in [-0.25, -0.2) is 0 Å². The van der Waals surface area contributed by atoms with E-state index in [4.69, 9.17) is 9.47 Å². The number of benzene rings is 2. The van der Waals surface area contributed by atoms with Gasteiger partial charge >= 0.3 is 5.97 Å². The summed E-state index contributed by atoms with van der Waals surface area (Å²) in [5.74, 6) is 0.296. The number of anilines is 1. The van der Waals surface area contributed by atoms with Crippen LogP contribution in [0.5, 0.6) is 5.75 Å². The monoisotopic (exact) mass is 801 g/mol. The van der Waals surface area contributed by atoms with E-state index >= 15 is 0 Å². The van der Waals surface area contributed by atoms with Gasteiger partial charge in [-0.3, -0.25) is 14.9 Å². The van der Waals surface area contributed by atoms with Crippen molar-refractivity contribution in [2.75, 3.05) is 11.4 Å². The Kier molecular flexibility index (Phi) is 21.2. The van der Waals surface area contributed by atoms with Crippen molar-refractivity contribution in [3.05, 3.63) is 69.3 Å². The molecular weight excluding hydrogens is 721 g/mol. The number of carbonyl (C=O) groups is 1.